The molecule has 0 bridgehead atoms. The van der Waals surface area contributed by atoms with Gasteiger partial charge in [-0.2, -0.15) is 4.98 Å². The standard InChI is InChI=1S/C13H11Cl2N3OS/c14-9-7-16-13(15)17-12(9)18(20)10-5-1-3-8-4-2-6-19-11(8)10/h1,3,5,7,20H,2,4,6H2. The summed E-state index contributed by atoms with van der Waals surface area (Å²) >= 11 is 16.4. The summed E-state index contributed by atoms with van der Waals surface area (Å²) in [7, 11) is 0. The number of halogens is 2. The molecule has 0 atom stereocenters. The van der Waals surface area contributed by atoms with E-state index in [0.29, 0.717) is 17.4 Å². The van der Waals surface area contributed by atoms with Crippen LogP contribution in [0.1, 0.15) is 12.0 Å². The normalized spacial score (nSPS) is 13.6. The summed E-state index contributed by atoms with van der Waals surface area (Å²) in [5, 5.41) is 0.493. The molecule has 0 unspecified atom stereocenters. The lowest BCUT2D eigenvalue weighted by molar-refractivity contribution is 0.289. The molecule has 0 N–H and O–H groups in total. The summed E-state index contributed by atoms with van der Waals surface area (Å²) in [4.78, 5) is 7.95. The molecule has 0 radical (unpaired) electrons. The lowest BCUT2D eigenvalue weighted by atomic mass is 10.1. The molecule has 1 aliphatic rings. The molecule has 0 saturated carbocycles. The lowest BCUT2D eigenvalue weighted by Crippen LogP contribution is -2.13. The molecule has 0 fully saturated rings. The van der Waals surface area contributed by atoms with Crippen molar-refractivity contribution in [3.63, 3.8) is 0 Å². The van der Waals surface area contributed by atoms with Crippen molar-refractivity contribution >= 4 is 47.5 Å². The van der Waals surface area contributed by atoms with Crippen molar-refractivity contribution in [2.24, 2.45) is 0 Å². The number of benzene rings is 1. The molecule has 1 aromatic carbocycles. The Labute approximate surface area is 132 Å². The Morgan fingerprint density at radius 1 is 1.30 bits per heavy atom. The second kappa shape index (κ2) is 5.68. The fourth-order valence-electron chi connectivity index (χ4n) is 2.14. The molecule has 0 saturated heterocycles. The van der Waals surface area contributed by atoms with Crippen molar-refractivity contribution in [2.45, 2.75) is 12.8 Å². The van der Waals surface area contributed by atoms with Crippen LogP contribution in [0.2, 0.25) is 10.3 Å². The van der Waals surface area contributed by atoms with Crippen LogP contribution < -0.4 is 9.04 Å². The van der Waals surface area contributed by atoms with Gasteiger partial charge in [0.25, 0.3) is 0 Å². The van der Waals surface area contributed by atoms with Gasteiger partial charge in [-0.25, -0.2) is 4.98 Å². The fraction of sp³-hybridized carbons (Fsp3) is 0.231. The monoisotopic (exact) mass is 327 g/mol. The van der Waals surface area contributed by atoms with Gasteiger partial charge in [0, 0.05) is 0 Å². The van der Waals surface area contributed by atoms with Gasteiger partial charge in [-0.05, 0) is 36.1 Å². The van der Waals surface area contributed by atoms with Crippen LogP contribution in [-0.4, -0.2) is 16.6 Å². The SMILES string of the molecule is SN(c1cccc2c1OCCC2)c1nc(Cl)ncc1Cl. The zero-order chi connectivity index (χ0) is 14.1. The summed E-state index contributed by atoms with van der Waals surface area (Å²) in [6, 6.07) is 5.92. The second-order valence-electron chi connectivity index (χ2n) is 4.34. The van der Waals surface area contributed by atoms with Crippen molar-refractivity contribution in [1.82, 2.24) is 9.97 Å². The number of aryl methyl sites for hydroxylation is 1. The highest BCUT2D eigenvalue weighted by atomic mass is 35.5. The molecule has 1 aromatic heterocycles. The van der Waals surface area contributed by atoms with Gasteiger partial charge < -0.3 is 4.74 Å². The van der Waals surface area contributed by atoms with E-state index in [1.54, 1.807) is 4.31 Å². The Kier molecular flexibility index (Phi) is 3.92. The van der Waals surface area contributed by atoms with E-state index in [2.05, 4.69) is 22.8 Å². The Morgan fingerprint density at radius 2 is 2.15 bits per heavy atom. The average Bonchev–Trinajstić information content (AvgIpc) is 2.48. The maximum atomic E-state index is 6.11. The second-order valence-corrected chi connectivity index (χ2v) is 5.49. The number of hydrogen-bond acceptors (Lipinski definition) is 5. The molecular formula is C13H11Cl2N3OS. The lowest BCUT2D eigenvalue weighted by Gasteiger charge is -2.25. The summed E-state index contributed by atoms with van der Waals surface area (Å²) in [5.74, 6) is 1.25. The van der Waals surface area contributed by atoms with Gasteiger partial charge in [0.05, 0.1) is 18.5 Å². The van der Waals surface area contributed by atoms with E-state index in [9.17, 15) is 0 Å². The summed E-state index contributed by atoms with van der Waals surface area (Å²) < 4.78 is 7.33. The van der Waals surface area contributed by atoms with Crippen molar-refractivity contribution in [1.29, 1.82) is 0 Å². The number of nitrogens with zero attached hydrogens (tertiary/aromatic N) is 3. The highest BCUT2D eigenvalue weighted by Crippen LogP contribution is 2.41. The number of aromatic nitrogens is 2. The topological polar surface area (TPSA) is 38.2 Å². The maximum Gasteiger partial charge on any atom is 0.224 e. The van der Waals surface area contributed by atoms with Gasteiger partial charge >= 0.3 is 0 Å². The first kappa shape index (κ1) is 13.8. The van der Waals surface area contributed by atoms with Crippen LogP contribution in [0, 0.1) is 0 Å². The molecule has 3 rings (SSSR count). The highest BCUT2D eigenvalue weighted by Gasteiger charge is 2.20. The van der Waals surface area contributed by atoms with Crippen molar-refractivity contribution in [2.75, 3.05) is 10.9 Å². The summed E-state index contributed by atoms with van der Waals surface area (Å²) in [6.45, 7) is 0.698. The molecule has 1 aliphatic heterocycles. The zero-order valence-corrected chi connectivity index (χ0v) is 12.8. The number of fused-ring (bicyclic) bond motifs is 1. The molecule has 0 aliphatic carbocycles. The number of thiol groups is 1. The molecule has 2 heterocycles. The van der Waals surface area contributed by atoms with Crippen LogP contribution in [0.3, 0.4) is 0 Å². The van der Waals surface area contributed by atoms with E-state index in [0.717, 1.165) is 29.8 Å². The molecule has 2 aromatic rings. The predicted molar refractivity (Wildman–Crippen MR) is 83.4 cm³/mol. The Hall–Kier alpha value is -1.17. The van der Waals surface area contributed by atoms with Crippen LogP contribution in [0.4, 0.5) is 11.5 Å². The predicted octanol–water partition coefficient (Wildman–Crippen LogP) is 4.09. The number of rotatable bonds is 2. The van der Waals surface area contributed by atoms with Crippen molar-refractivity contribution < 1.29 is 4.74 Å². The molecule has 4 nitrogen and oxygen atoms in total. The van der Waals surface area contributed by atoms with E-state index in [1.165, 1.54) is 6.20 Å². The third kappa shape index (κ3) is 2.53. The quantitative estimate of drug-likeness (QED) is 0.666. The van der Waals surface area contributed by atoms with E-state index >= 15 is 0 Å². The van der Waals surface area contributed by atoms with Gasteiger partial charge in [-0.15, -0.1) is 0 Å². The number of anilines is 2. The minimum atomic E-state index is 0.120. The molecule has 20 heavy (non-hydrogen) atoms. The van der Waals surface area contributed by atoms with E-state index in [-0.39, 0.29) is 5.28 Å². The Bertz CT molecular complexity index is 654. The summed E-state index contributed by atoms with van der Waals surface area (Å²) in [6.07, 6.45) is 3.46. The van der Waals surface area contributed by atoms with E-state index in [1.807, 2.05) is 18.2 Å². The van der Waals surface area contributed by atoms with Gasteiger partial charge in [-0.1, -0.05) is 36.5 Å². The third-order valence-electron chi connectivity index (χ3n) is 3.04. The first-order valence-corrected chi connectivity index (χ1v) is 7.24. The van der Waals surface area contributed by atoms with Crippen LogP contribution in [-0.2, 0) is 6.42 Å². The first-order chi connectivity index (χ1) is 9.66. The minimum absolute atomic E-state index is 0.120. The van der Waals surface area contributed by atoms with Crippen LogP contribution in [0.15, 0.2) is 24.4 Å². The number of para-hydroxylation sites is 1. The smallest absolute Gasteiger partial charge is 0.224 e. The van der Waals surface area contributed by atoms with Crippen LogP contribution >= 0.6 is 36.0 Å². The average molecular weight is 328 g/mol. The van der Waals surface area contributed by atoms with Gasteiger partial charge in [-0.3, -0.25) is 4.31 Å². The van der Waals surface area contributed by atoms with Crippen molar-refractivity contribution in [3.8, 4) is 5.75 Å². The molecule has 104 valence electrons. The first-order valence-electron chi connectivity index (χ1n) is 6.08. The molecule has 7 heteroatoms. The summed E-state index contributed by atoms with van der Waals surface area (Å²) in [5.41, 5.74) is 1.95. The molecule has 0 amide bonds. The molecular weight excluding hydrogens is 317 g/mol. The Balaban J connectivity index is 2.06. The van der Waals surface area contributed by atoms with Gasteiger partial charge in [0.15, 0.2) is 5.82 Å². The van der Waals surface area contributed by atoms with Crippen LogP contribution in [0.25, 0.3) is 0 Å². The largest absolute Gasteiger partial charge is 0.491 e. The number of ether oxygens (including phenoxy) is 1. The van der Waals surface area contributed by atoms with Crippen LogP contribution in [0.5, 0.6) is 5.75 Å². The zero-order valence-electron chi connectivity index (χ0n) is 10.4. The highest BCUT2D eigenvalue weighted by molar-refractivity contribution is 7.82. The van der Waals surface area contributed by atoms with Crippen molar-refractivity contribution in [3.05, 3.63) is 40.3 Å². The third-order valence-corrected chi connectivity index (χ3v) is 3.89. The number of hydrogen-bond donors (Lipinski definition) is 1. The maximum absolute atomic E-state index is 6.11. The minimum Gasteiger partial charge on any atom is -0.491 e. The Morgan fingerprint density at radius 3 is 3.00 bits per heavy atom. The van der Waals surface area contributed by atoms with E-state index < -0.39 is 0 Å². The van der Waals surface area contributed by atoms with Gasteiger partial charge in [0.1, 0.15) is 10.8 Å². The van der Waals surface area contributed by atoms with Gasteiger partial charge in [0.2, 0.25) is 5.28 Å². The van der Waals surface area contributed by atoms with E-state index in [4.69, 9.17) is 27.9 Å². The molecule has 0 spiro atoms. The fourth-order valence-corrected chi connectivity index (χ4v) is 2.81.